The summed E-state index contributed by atoms with van der Waals surface area (Å²) in [6, 6.07) is 10.2. The summed E-state index contributed by atoms with van der Waals surface area (Å²) in [5.74, 6) is 0.929. The second kappa shape index (κ2) is 3.96. The van der Waals surface area contributed by atoms with Gasteiger partial charge in [0.1, 0.15) is 5.71 Å². The summed E-state index contributed by atoms with van der Waals surface area (Å²) in [4.78, 5) is 2.27. The van der Waals surface area contributed by atoms with Crippen molar-refractivity contribution in [1.82, 2.24) is 0 Å². The Hall–Kier alpha value is -1.26. The highest BCUT2D eigenvalue weighted by molar-refractivity contribution is 7.98. The van der Waals surface area contributed by atoms with Gasteiger partial charge in [-0.1, -0.05) is 29.4 Å². The van der Waals surface area contributed by atoms with E-state index in [1.54, 1.807) is 23.1 Å². The molecule has 16 heavy (non-hydrogen) atoms. The van der Waals surface area contributed by atoms with Crippen LogP contribution in [-0.4, -0.2) is 10.9 Å². The second-order valence-corrected chi connectivity index (χ2v) is 5.44. The van der Waals surface area contributed by atoms with E-state index in [0.717, 1.165) is 16.2 Å². The van der Waals surface area contributed by atoms with Gasteiger partial charge in [0, 0.05) is 16.2 Å². The van der Waals surface area contributed by atoms with E-state index >= 15 is 0 Å². The maximum Gasteiger partial charge on any atom is 0.128 e. The van der Waals surface area contributed by atoms with Crippen molar-refractivity contribution in [3.63, 3.8) is 0 Å². The van der Waals surface area contributed by atoms with Crippen molar-refractivity contribution in [2.24, 2.45) is 5.16 Å². The monoisotopic (exact) mass is 247 g/mol. The maximum absolute atomic E-state index is 9.21. The molecule has 1 aliphatic heterocycles. The van der Waals surface area contributed by atoms with Crippen LogP contribution in [0.1, 0.15) is 16.0 Å². The molecule has 0 bridgehead atoms. The largest absolute Gasteiger partial charge is 0.410 e. The molecule has 1 aromatic carbocycles. The molecular weight excluding hydrogens is 238 g/mol. The van der Waals surface area contributed by atoms with Crippen LogP contribution in [0.5, 0.6) is 0 Å². The zero-order valence-electron chi connectivity index (χ0n) is 8.38. The van der Waals surface area contributed by atoms with E-state index in [9.17, 15) is 5.21 Å². The minimum atomic E-state index is 0.700. The quantitative estimate of drug-likeness (QED) is 0.570. The van der Waals surface area contributed by atoms with Crippen LogP contribution in [-0.2, 0) is 5.75 Å². The lowest BCUT2D eigenvalue weighted by Gasteiger charge is -2.04. The first-order chi connectivity index (χ1) is 7.90. The fourth-order valence-electron chi connectivity index (χ4n) is 1.84. The fourth-order valence-corrected chi connectivity index (χ4v) is 3.99. The molecule has 80 valence electrons. The van der Waals surface area contributed by atoms with Crippen LogP contribution < -0.4 is 0 Å². The Morgan fingerprint density at radius 2 is 2.06 bits per heavy atom. The van der Waals surface area contributed by atoms with Gasteiger partial charge in [-0.05, 0) is 17.0 Å². The van der Waals surface area contributed by atoms with Crippen molar-refractivity contribution in [3.05, 3.63) is 51.7 Å². The Balaban J connectivity index is 2.26. The summed E-state index contributed by atoms with van der Waals surface area (Å²) in [6.45, 7) is 0. The van der Waals surface area contributed by atoms with Gasteiger partial charge in [-0.3, -0.25) is 0 Å². The Morgan fingerprint density at radius 1 is 1.19 bits per heavy atom. The average molecular weight is 247 g/mol. The van der Waals surface area contributed by atoms with Crippen molar-refractivity contribution in [3.8, 4) is 0 Å². The Morgan fingerprint density at radius 3 is 2.94 bits per heavy atom. The molecule has 0 unspecified atom stereocenters. The molecule has 0 fully saturated rings. The molecule has 4 heteroatoms. The highest BCUT2D eigenvalue weighted by atomic mass is 32.2. The first-order valence-corrected chi connectivity index (χ1v) is 6.77. The van der Waals surface area contributed by atoms with Gasteiger partial charge < -0.3 is 5.21 Å². The lowest BCUT2D eigenvalue weighted by molar-refractivity contribution is 0.319. The summed E-state index contributed by atoms with van der Waals surface area (Å²) in [5, 5.41) is 14.7. The summed E-state index contributed by atoms with van der Waals surface area (Å²) in [6.07, 6.45) is 0. The molecule has 2 aromatic rings. The average Bonchev–Trinajstić information content (AvgIpc) is 2.72. The molecule has 0 aliphatic carbocycles. The van der Waals surface area contributed by atoms with E-state index in [-0.39, 0.29) is 0 Å². The van der Waals surface area contributed by atoms with Gasteiger partial charge in [-0.2, -0.15) is 0 Å². The molecule has 0 saturated heterocycles. The van der Waals surface area contributed by atoms with E-state index in [2.05, 4.69) is 17.3 Å². The van der Waals surface area contributed by atoms with E-state index in [1.165, 1.54) is 10.5 Å². The molecule has 0 radical (unpaired) electrons. The molecule has 0 amide bonds. The lowest BCUT2D eigenvalue weighted by Crippen LogP contribution is -2.03. The van der Waals surface area contributed by atoms with Gasteiger partial charge in [0.2, 0.25) is 0 Å². The predicted molar refractivity (Wildman–Crippen MR) is 67.7 cm³/mol. The third kappa shape index (κ3) is 1.45. The Kier molecular flexibility index (Phi) is 2.46. The lowest BCUT2D eigenvalue weighted by atomic mass is 10.0. The van der Waals surface area contributed by atoms with Gasteiger partial charge in [-0.15, -0.1) is 23.1 Å². The van der Waals surface area contributed by atoms with Crippen molar-refractivity contribution in [2.45, 2.75) is 10.6 Å². The van der Waals surface area contributed by atoms with Gasteiger partial charge in [-0.25, -0.2) is 0 Å². The molecule has 1 aromatic heterocycles. The van der Waals surface area contributed by atoms with Gasteiger partial charge in [0.25, 0.3) is 0 Å². The standard InChI is InChI=1S/C12H9NOS2/c14-13-11-9-4-2-1-3-8(9)7-16-10-5-6-15-12(10)11/h1-6,14H,7H2/b13-11-. The molecule has 3 rings (SSSR count). The zero-order valence-corrected chi connectivity index (χ0v) is 10.0. The summed E-state index contributed by atoms with van der Waals surface area (Å²) in [5.41, 5.74) is 2.97. The van der Waals surface area contributed by atoms with Crippen molar-refractivity contribution < 1.29 is 5.21 Å². The number of thioether (sulfide) groups is 1. The number of fused-ring (bicyclic) bond motifs is 2. The second-order valence-electron chi connectivity index (χ2n) is 3.51. The number of hydrogen-bond donors (Lipinski definition) is 1. The van der Waals surface area contributed by atoms with Crippen molar-refractivity contribution >= 4 is 28.8 Å². The van der Waals surface area contributed by atoms with Crippen LogP contribution in [0, 0.1) is 0 Å². The van der Waals surface area contributed by atoms with Crippen molar-refractivity contribution in [1.29, 1.82) is 0 Å². The van der Waals surface area contributed by atoms with Crippen LogP contribution in [0.25, 0.3) is 0 Å². The Bertz CT molecular complexity index is 560. The number of thiophene rings is 1. The molecule has 1 N–H and O–H groups in total. The topological polar surface area (TPSA) is 32.6 Å². The van der Waals surface area contributed by atoms with Gasteiger partial charge >= 0.3 is 0 Å². The minimum Gasteiger partial charge on any atom is -0.410 e. The smallest absolute Gasteiger partial charge is 0.128 e. The van der Waals surface area contributed by atoms with Gasteiger partial charge in [0.05, 0.1) is 4.88 Å². The summed E-state index contributed by atoms with van der Waals surface area (Å²) in [7, 11) is 0. The molecule has 2 nitrogen and oxygen atoms in total. The van der Waals surface area contributed by atoms with E-state index < -0.39 is 0 Å². The van der Waals surface area contributed by atoms with Crippen LogP contribution in [0.2, 0.25) is 0 Å². The molecule has 2 heterocycles. The maximum atomic E-state index is 9.21. The number of nitrogens with zero attached hydrogens (tertiary/aromatic N) is 1. The number of benzene rings is 1. The molecule has 0 spiro atoms. The highest BCUT2D eigenvalue weighted by Crippen LogP contribution is 2.36. The number of oxime groups is 1. The van der Waals surface area contributed by atoms with E-state index in [0.29, 0.717) is 5.71 Å². The minimum absolute atomic E-state index is 0.700. The fraction of sp³-hybridized carbons (Fsp3) is 0.0833. The van der Waals surface area contributed by atoms with E-state index in [1.807, 2.05) is 23.6 Å². The number of hydrogen-bond acceptors (Lipinski definition) is 4. The number of rotatable bonds is 0. The van der Waals surface area contributed by atoms with Crippen LogP contribution in [0.4, 0.5) is 0 Å². The third-order valence-corrected chi connectivity index (χ3v) is 4.76. The van der Waals surface area contributed by atoms with Crippen LogP contribution in [0.3, 0.4) is 0 Å². The predicted octanol–water partition coefficient (Wildman–Crippen LogP) is 3.58. The molecular formula is C12H9NOS2. The Labute approximate surface area is 102 Å². The third-order valence-electron chi connectivity index (χ3n) is 2.60. The summed E-state index contributed by atoms with van der Waals surface area (Å²) >= 11 is 3.42. The molecule has 1 aliphatic rings. The van der Waals surface area contributed by atoms with Crippen molar-refractivity contribution in [2.75, 3.05) is 0 Å². The zero-order chi connectivity index (χ0) is 11.0. The SMILES string of the molecule is O/N=C1/c2ccccc2CSc2ccsc21. The van der Waals surface area contributed by atoms with Gasteiger partial charge in [0.15, 0.2) is 0 Å². The molecule has 0 saturated carbocycles. The highest BCUT2D eigenvalue weighted by Gasteiger charge is 2.20. The van der Waals surface area contributed by atoms with Crippen LogP contribution >= 0.6 is 23.1 Å². The normalized spacial score (nSPS) is 16.6. The first-order valence-electron chi connectivity index (χ1n) is 4.91. The first kappa shape index (κ1) is 9.93. The molecule has 0 atom stereocenters. The summed E-state index contributed by atoms with van der Waals surface area (Å²) < 4.78 is 0. The van der Waals surface area contributed by atoms with Crippen LogP contribution in [0.15, 0.2) is 45.8 Å². The van der Waals surface area contributed by atoms with E-state index in [4.69, 9.17) is 0 Å².